The number of nitrogens with zero attached hydrogens (tertiary/aromatic N) is 4. The van der Waals surface area contributed by atoms with Gasteiger partial charge in [0, 0.05) is 30.5 Å². The summed E-state index contributed by atoms with van der Waals surface area (Å²) in [5.74, 6) is 0.522. The van der Waals surface area contributed by atoms with Gasteiger partial charge in [-0.15, -0.1) is 0 Å². The van der Waals surface area contributed by atoms with Crippen molar-refractivity contribution in [3.63, 3.8) is 0 Å². The van der Waals surface area contributed by atoms with Crippen molar-refractivity contribution in [2.24, 2.45) is 0 Å². The lowest BCUT2D eigenvalue weighted by Crippen LogP contribution is -2.36. The van der Waals surface area contributed by atoms with Gasteiger partial charge in [0.1, 0.15) is 5.03 Å². The highest BCUT2D eigenvalue weighted by Gasteiger charge is 2.24. The molecule has 0 radical (unpaired) electrons. The molecule has 4 rings (SSSR count). The maximum Gasteiger partial charge on any atom is 0.349 e. The first-order chi connectivity index (χ1) is 13.2. The highest BCUT2D eigenvalue weighted by atomic mass is 32.2. The van der Waals surface area contributed by atoms with E-state index in [0.29, 0.717) is 12.3 Å². The van der Waals surface area contributed by atoms with Gasteiger partial charge in [0.25, 0.3) is 0 Å². The van der Waals surface area contributed by atoms with Gasteiger partial charge in [-0.2, -0.15) is 4.98 Å². The summed E-state index contributed by atoms with van der Waals surface area (Å²) in [5.41, 5.74) is 2.82. The molecule has 0 unspecified atom stereocenters. The molecule has 3 heterocycles. The third-order valence-corrected chi connectivity index (χ3v) is 6.29. The van der Waals surface area contributed by atoms with E-state index in [1.165, 1.54) is 18.2 Å². The van der Waals surface area contributed by atoms with E-state index in [0.717, 1.165) is 67.2 Å². The van der Waals surface area contributed by atoms with Crippen molar-refractivity contribution >= 4 is 17.7 Å². The zero-order chi connectivity index (χ0) is 18.6. The van der Waals surface area contributed by atoms with E-state index in [4.69, 9.17) is 0 Å². The molecule has 2 aromatic heterocycles. The van der Waals surface area contributed by atoms with Gasteiger partial charge in [0.05, 0.1) is 18.0 Å². The molecular formula is C20H24N4O2S. The average Bonchev–Trinajstić information content (AvgIpc) is 3.20. The zero-order valence-corrected chi connectivity index (χ0v) is 16.2. The number of aromatic nitrogens is 3. The second-order valence-corrected chi connectivity index (χ2v) is 8.08. The van der Waals surface area contributed by atoms with Gasteiger partial charge >= 0.3 is 5.69 Å². The minimum atomic E-state index is -0.241. The highest BCUT2D eigenvalue weighted by Crippen LogP contribution is 2.29. The lowest BCUT2D eigenvalue weighted by Gasteiger charge is -2.26. The first kappa shape index (κ1) is 18.2. The Morgan fingerprint density at radius 3 is 2.74 bits per heavy atom. The quantitative estimate of drug-likeness (QED) is 0.584. The summed E-state index contributed by atoms with van der Waals surface area (Å²) in [5, 5.41) is 0.745. The second-order valence-electron chi connectivity index (χ2n) is 7.12. The number of thioether (sulfide) groups is 1. The number of pyridine rings is 1. The number of likely N-dealkylation sites (tertiary alicyclic amines) is 1. The fraction of sp³-hybridized carbons (Fsp3) is 0.500. The van der Waals surface area contributed by atoms with E-state index in [-0.39, 0.29) is 11.6 Å². The topological polar surface area (TPSA) is 68.1 Å². The molecule has 0 saturated carbocycles. The Balaban J connectivity index is 1.52. The summed E-state index contributed by atoms with van der Waals surface area (Å²) < 4.78 is 1.75. The molecule has 1 fully saturated rings. The molecule has 2 aromatic rings. The molecule has 6 nitrogen and oxygen atoms in total. The van der Waals surface area contributed by atoms with E-state index in [1.54, 1.807) is 10.8 Å². The largest absolute Gasteiger partial charge is 0.349 e. The second kappa shape index (κ2) is 8.25. The predicted molar refractivity (Wildman–Crippen MR) is 105 cm³/mol. The Labute approximate surface area is 163 Å². The van der Waals surface area contributed by atoms with Crippen LogP contribution in [0.15, 0.2) is 34.2 Å². The van der Waals surface area contributed by atoms with Crippen LogP contribution in [0.3, 0.4) is 0 Å². The molecule has 142 valence electrons. The SMILES string of the molecule is O=C(CSc1nc(=O)n(Cc2ccccn2)c2c1CCC2)N1CCCCC1. The standard InChI is InChI=1S/C20H24N4O2S/c25-18(23-11-4-1-5-12-23)14-27-19-16-8-6-9-17(16)24(20(26)22-19)13-15-7-2-3-10-21-15/h2-3,7,10H,1,4-6,8-9,11-14H2. The van der Waals surface area contributed by atoms with Crippen LogP contribution in [0, 0.1) is 0 Å². The van der Waals surface area contributed by atoms with E-state index in [2.05, 4.69) is 9.97 Å². The molecule has 1 amide bonds. The van der Waals surface area contributed by atoms with Crippen LogP contribution in [0.5, 0.6) is 0 Å². The molecule has 27 heavy (non-hydrogen) atoms. The van der Waals surface area contributed by atoms with Crippen molar-refractivity contribution in [1.29, 1.82) is 0 Å². The summed E-state index contributed by atoms with van der Waals surface area (Å²) in [4.78, 5) is 35.7. The average molecular weight is 385 g/mol. The van der Waals surface area contributed by atoms with Gasteiger partial charge in [-0.1, -0.05) is 17.8 Å². The number of amides is 1. The molecule has 0 atom stereocenters. The third-order valence-electron chi connectivity index (χ3n) is 5.29. The predicted octanol–water partition coefficient (Wildman–Crippen LogP) is 2.28. The molecule has 7 heteroatoms. The van der Waals surface area contributed by atoms with E-state index >= 15 is 0 Å². The summed E-state index contributed by atoms with van der Waals surface area (Å²) in [6.45, 7) is 2.17. The van der Waals surface area contributed by atoms with Crippen molar-refractivity contribution in [3.8, 4) is 0 Å². The fourth-order valence-corrected chi connectivity index (χ4v) is 4.87. The van der Waals surface area contributed by atoms with E-state index < -0.39 is 0 Å². The molecule has 0 spiro atoms. The lowest BCUT2D eigenvalue weighted by atomic mass is 10.1. The molecule has 0 aromatic carbocycles. The van der Waals surface area contributed by atoms with Crippen LogP contribution in [-0.4, -0.2) is 44.2 Å². The number of carbonyl (C=O) groups is 1. The zero-order valence-electron chi connectivity index (χ0n) is 15.4. The molecule has 1 saturated heterocycles. The monoisotopic (exact) mass is 384 g/mol. The number of piperidine rings is 1. The number of rotatable bonds is 5. The van der Waals surface area contributed by atoms with Crippen molar-refractivity contribution < 1.29 is 4.79 Å². The van der Waals surface area contributed by atoms with Gasteiger partial charge in [0.2, 0.25) is 5.91 Å². The van der Waals surface area contributed by atoms with Crippen LogP contribution in [-0.2, 0) is 24.2 Å². The molecule has 1 aliphatic carbocycles. The Morgan fingerprint density at radius 1 is 1.11 bits per heavy atom. The number of hydrogen-bond donors (Lipinski definition) is 0. The summed E-state index contributed by atoms with van der Waals surface area (Å²) >= 11 is 1.43. The van der Waals surface area contributed by atoms with Gasteiger partial charge in [-0.25, -0.2) is 4.79 Å². The van der Waals surface area contributed by atoms with Crippen LogP contribution < -0.4 is 5.69 Å². The number of fused-ring (bicyclic) bond motifs is 1. The minimum Gasteiger partial charge on any atom is -0.342 e. The number of hydrogen-bond acceptors (Lipinski definition) is 5. The summed E-state index contributed by atoms with van der Waals surface area (Å²) in [6, 6.07) is 5.72. The van der Waals surface area contributed by atoms with Gasteiger partial charge in [-0.05, 0) is 50.7 Å². The smallest absolute Gasteiger partial charge is 0.342 e. The highest BCUT2D eigenvalue weighted by molar-refractivity contribution is 7.99. The van der Waals surface area contributed by atoms with Gasteiger partial charge < -0.3 is 4.90 Å². The number of carbonyl (C=O) groups excluding carboxylic acids is 1. The van der Waals surface area contributed by atoms with Crippen LogP contribution in [0.1, 0.15) is 42.6 Å². The van der Waals surface area contributed by atoms with E-state index in [9.17, 15) is 9.59 Å². The maximum atomic E-state index is 12.7. The maximum absolute atomic E-state index is 12.7. The van der Waals surface area contributed by atoms with Crippen molar-refractivity contribution in [2.45, 2.75) is 50.1 Å². The van der Waals surface area contributed by atoms with Crippen LogP contribution in [0.2, 0.25) is 0 Å². The van der Waals surface area contributed by atoms with Crippen molar-refractivity contribution in [3.05, 3.63) is 51.8 Å². The Morgan fingerprint density at radius 2 is 1.96 bits per heavy atom. The Bertz CT molecular complexity index is 876. The van der Waals surface area contributed by atoms with Crippen molar-refractivity contribution in [1.82, 2.24) is 19.4 Å². The summed E-state index contributed by atoms with van der Waals surface area (Å²) in [7, 11) is 0. The van der Waals surface area contributed by atoms with Crippen LogP contribution in [0.4, 0.5) is 0 Å². The fourth-order valence-electron chi connectivity index (χ4n) is 3.89. The van der Waals surface area contributed by atoms with E-state index in [1.807, 2.05) is 23.1 Å². The molecule has 0 N–H and O–H groups in total. The Hall–Kier alpha value is -2.15. The van der Waals surface area contributed by atoms with Gasteiger partial charge in [0.15, 0.2) is 0 Å². The van der Waals surface area contributed by atoms with Crippen molar-refractivity contribution in [2.75, 3.05) is 18.8 Å². The summed E-state index contributed by atoms with van der Waals surface area (Å²) in [6.07, 6.45) is 7.96. The first-order valence-electron chi connectivity index (χ1n) is 9.65. The molecule has 2 aliphatic rings. The first-order valence-corrected chi connectivity index (χ1v) is 10.6. The molecule has 1 aliphatic heterocycles. The third kappa shape index (κ3) is 4.08. The molecular weight excluding hydrogens is 360 g/mol. The van der Waals surface area contributed by atoms with Crippen LogP contribution >= 0.6 is 11.8 Å². The Kier molecular flexibility index (Phi) is 5.57. The van der Waals surface area contributed by atoms with Gasteiger partial charge in [-0.3, -0.25) is 14.3 Å². The minimum absolute atomic E-state index is 0.158. The molecule has 0 bridgehead atoms. The normalized spacial score (nSPS) is 16.4. The lowest BCUT2D eigenvalue weighted by molar-refractivity contribution is -0.129. The van der Waals surface area contributed by atoms with Crippen LogP contribution in [0.25, 0.3) is 0 Å².